The molecule has 0 spiro atoms. The van der Waals surface area contributed by atoms with Gasteiger partial charge in [0.1, 0.15) is 17.7 Å². The van der Waals surface area contributed by atoms with Gasteiger partial charge in [-0.1, -0.05) is 43.7 Å². The number of carbonyl (C=O) groups is 4. The van der Waals surface area contributed by atoms with E-state index in [9.17, 15) is 19.2 Å². The van der Waals surface area contributed by atoms with Crippen LogP contribution in [0, 0.1) is 0 Å². The number of primary amides is 1. The van der Waals surface area contributed by atoms with E-state index in [0.29, 0.717) is 12.1 Å². The molecule has 9 heteroatoms. The summed E-state index contributed by atoms with van der Waals surface area (Å²) < 4.78 is 5.19. The lowest BCUT2D eigenvalue weighted by Gasteiger charge is -2.31. The lowest BCUT2D eigenvalue weighted by Crippen LogP contribution is -2.52. The van der Waals surface area contributed by atoms with Crippen LogP contribution in [0.2, 0.25) is 0 Å². The Balaban J connectivity index is 3.13. The molecule has 4 amide bonds. The third-order valence-electron chi connectivity index (χ3n) is 4.32. The van der Waals surface area contributed by atoms with E-state index in [2.05, 4.69) is 10.6 Å². The van der Waals surface area contributed by atoms with Crippen molar-refractivity contribution in [2.75, 3.05) is 13.6 Å². The van der Waals surface area contributed by atoms with Crippen molar-refractivity contribution in [2.24, 2.45) is 5.73 Å². The molecule has 1 rings (SSSR count). The normalized spacial score (nSPS) is 12.9. The monoisotopic (exact) mass is 434 g/mol. The van der Waals surface area contributed by atoms with Gasteiger partial charge in [0.2, 0.25) is 17.7 Å². The molecule has 0 aromatic heterocycles. The number of carbonyl (C=O) groups excluding carboxylic acids is 4. The van der Waals surface area contributed by atoms with Crippen molar-refractivity contribution >= 4 is 23.8 Å². The average Bonchev–Trinajstić information content (AvgIpc) is 2.66. The van der Waals surface area contributed by atoms with Crippen molar-refractivity contribution in [1.29, 1.82) is 0 Å². The number of nitrogens with two attached hydrogens (primary N) is 1. The fourth-order valence-corrected chi connectivity index (χ4v) is 2.90. The highest BCUT2D eigenvalue weighted by atomic mass is 16.6. The average molecular weight is 435 g/mol. The van der Waals surface area contributed by atoms with Crippen molar-refractivity contribution in [1.82, 2.24) is 15.5 Å². The number of amides is 4. The van der Waals surface area contributed by atoms with Crippen LogP contribution in [-0.4, -0.2) is 54.0 Å². The molecule has 0 bridgehead atoms. The molecule has 31 heavy (non-hydrogen) atoms. The number of benzene rings is 1. The van der Waals surface area contributed by atoms with Crippen LogP contribution in [0.15, 0.2) is 30.3 Å². The second-order valence-corrected chi connectivity index (χ2v) is 8.28. The number of hydrogen-bond donors (Lipinski definition) is 3. The molecule has 0 aliphatic heterocycles. The number of unbranched alkanes of at least 4 members (excludes halogenated alkanes) is 1. The highest BCUT2D eigenvalue weighted by Gasteiger charge is 2.34. The van der Waals surface area contributed by atoms with E-state index in [1.54, 1.807) is 51.1 Å². The van der Waals surface area contributed by atoms with Crippen LogP contribution in [0.1, 0.15) is 58.6 Å². The van der Waals surface area contributed by atoms with Crippen molar-refractivity contribution in [3.63, 3.8) is 0 Å². The van der Waals surface area contributed by atoms with Gasteiger partial charge in [-0.3, -0.25) is 14.4 Å². The maximum atomic E-state index is 13.2. The van der Waals surface area contributed by atoms with Crippen molar-refractivity contribution < 1.29 is 23.9 Å². The summed E-state index contributed by atoms with van der Waals surface area (Å²) in [7, 11) is 1.45. The van der Waals surface area contributed by atoms with Gasteiger partial charge in [-0.2, -0.15) is 0 Å². The van der Waals surface area contributed by atoms with Gasteiger partial charge in [-0.25, -0.2) is 4.79 Å². The maximum Gasteiger partial charge on any atom is 0.408 e. The second-order valence-electron chi connectivity index (χ2n) is 8.28. The highest BCUT2D eigenvalue weighted by molar-refractivity contribution is 5.94. The van der Waals surface area contributed by atoms with E-state index in [-0.39, 0.29) is 5.91 Å². The van der Waals surface area contributed by atoms with Crippen LogP contribution in [0.4, 0.5) is 4.79 Å². The summed E-state index contributed by atoms with van der Waals surface area (Å²) in [6.07, 6.45) is 0.423. The number of nitrogens with zero attached hydrogens (tertiary/aromatic N) is 1. The van der Waals surface area contributed by atoms with Crippen molar-refractivity contribution in [2.45, 2.75) is 64.6 Å². The lowest BCUT2D eigenvalue weighted by atomic mass is 10.0. The van der Waals surface area contributed by atoms with E-state index in [1.807, 2.05) is 6.92 Å². The molecule has 0 aliphatic carbocycles. The zero-order valence-electron chi connectivity index (χ0n) is 18.9. The molecule has 0 heterocycles. The molecule has 9 nitrogen and oxygen atoms in total. The van der Waals surface area contributed by atoms with Gasteiger partial charge >= 0.3 is 6.09 Å². The molecule has 1 aromatic rings. The Morgan fingerprint density at radius 2 is 1.74 bits per heavy atom. The van der Waals surface area contributed by atoms with Crippen LogP contribution < -0.4 is 16.4 Å². The summed E-state index contributed by atoms with van der Waals surface area (Å²) in [5.41, 5.74) is 5.09. The van der Waals surface area contributed by atoms with Crippen LogP contribution in [0.3, 0.4) is 0 Å². The standard InChI is InChI=1S/C22H34N4O5/c1-6-7-13-24-19(28)18(15-11-9-8-10-12-15)26(5)20(29)16(14-17(23)27)25-21(30)31-22(2,3)4/h8-12,16,18H,6-7,13-14H2,1-5H3,(H2,23,27)(H,24,28)(H,25,30). The largest absolute Gasteiger partial charge is 0.444 e. The zero-order chi connectivity index (χ0) is 23.6. The Kier molecular flexibility index (Phi) is 9.98. The molecular formula is C22H34N4O5. The Morgan fingerprint density at radius 3 is 2.26 bits per heavy atom. The predicted octanol–water partition coefficient (Wildman–Crippen LogP) is 1.87. The molecule has 0 saturated heterocycles. The summed E-state index contributed by atoms with van der Waals surface area (Å²) in [4.78, 5) is 51.0. The van der Waals surface area contributed by atoms with Crippen molar-refractivity contribution in [3.05, 3.63) is 35.9 Å². The molecule has 2 unspecified atom stereocenters. The molecule has 1 aromatic carbocycles. The predicted molar refractivity (Wildman–Crippen MR) is 117 cm³/mol. The number of hydrogen-bond acceptors (Lipinski definition) is 5. The molecule has 4 N–H and O–H groups in total. The minimum Gasteiger partial charge on any atom is -0.444 e. The highest BCUT2D eigenvalue weighted by Crippen LogP contribution is 2.21. The van der Waals surface area contributed by atoms with E-state index in [4.69, 9.17) is 10.5 Å². The molecule has 0 saturated carbocycles. The lowest BCUT2D eigenvalue weighted by molar-refractivity contribution is -0.141. The van der Waals surface area contributed by atoms with Gasteiger partial charge < -0.3 is 26.0 Å². The first kappa shape index (κ1) is 25.9. The van der Waals surface area contributed by atoms with E-state index in [1.165, 1.54) is 11.9 Å². The topological polar surface area (TPSA) is 131 Å². The van der Waals surface area contributed by atoms with Crippen LogP contribution in [0.25, 0.3) is 0 Å². The summed E-state index contributed by atoms with van der Waals surface area (Å²) in [6.45, 7) is 7.51. The summed E-state index contributed by atoms with van der Waals surface area (Å²) in [5.74, 6) is -1.76. The molecule has 172 valence electrons. The van der Waals surface area contributed by atoms with Gasteiger partial charge in [0.15, 0.2) is 0 Å². The van der Waals surface area contributed by atoms with Gasteiger partial charge in [0.05, 0.1) is 6.42 Å². The van der Waals surface area contributed by atoms with Gasteiger partial charge in [0.25, 0.3) is 0 Å². The molecule has 0 radical (unpaired) electrons. The molecule has 0 fully saturated rings. The Morgan fingerprint density at radius 1 is 1.13 bits per heavy atom. The summed E-state index contributed by atoms with van der Waals surface area (Å²) >= 11 is 0. The van der Waals surface area contributed by atoms with E-state index < -0.39 is 42.0 Å². The first-order chi connectivity index (χ1) is 14.5. The first-order valence-corrected chi connectivity index (χ1v) is 10.3. The Labute approximate surface area is 183 Å². The number of nitrogens with one attached hydrogen (secondary N) is 2. The fourth-order valence-electron chi connectivity index (χ4n) is 2.90. The van der Waals surface area contributed by atoms with Crippen LogP contribution in [-0.2, 0) is 19.1 Å². The minimum atomic E-state index is -1.27. The minimum absolute atomic E-state index is 0.356. The van der Waals surface area contributed by atoms with Crippen molar-refractivity contribution in [3.8, 4) is 0 Å². The van der Waals surface area contributed by atoms with E-state index in [0.717, 1.165) is 12.8 Å². The summed E-state index contributed by atoms with van der Waals surface area (Å²) in [6, 6.07) is 6.58. The number of ether oxygens (including phenoxy) is 1. The number of likely N-dealkylation sites (N-methyl/N-ethyl adjacent to an activating group) is 1. The van der Waals surface area contributed by atoms with Crippen LogP contribution >= 0.6 is 0 Å². The molecule has 0 aliphatic rings. The maximum absolute atomic E-state index is 13.2. The molecular weight excluding hydrogens is 400 g/mol. The molecule has 2 atom stereocenters. The van der Waals surface area contributed by atoms with Crippen LogP contribution in [0.5, 0.6) is 0 Å². The number of rotatable bonds is 10. The number of alkyl carbamates (subject to hydrolysis) is 1. The van der Waals surface area contributed by atoms with Gasteiger partial charge in [0, 0.05) is 13.6 Å². The van der Waals surface area contributed by atoms with E-state index >= 15 is 0 Å². The Bertz CT molecular complexity index is 761. The van der Waals surface area contributed by atoms with Gasteiger partial charge in [-0.15, -0.1) is 0 Å². The zero-order valence-corrected chi connectivity index (χ0v) is 18.9. The Hall–Kier alpha value is -3.10. The fraction of sp³-hybridized carbons (Fsp3) is 0.545. The second kappa shape index (κ2) is 11.9. The summed E-state index contributed by atoms with van der Waals surface area (Å²) in [5, 5.41) is 5.23. The van der Waals surface area contributed by atoms with Gasteiger partial charge in [-0.05, 0) is 32.8 Å². The SMILES string of the molecule is CCCCNC(=O)C(c1ccccc1)N(C)C(=O)C(CC(N)=O)NC(=O)OC(C)(C)C. The quantitative estimate of drug-likeness (QED) is 0.484. The third kappa shape index (κ3) is 9.06. The first-order valence-electron chi connectivity index (χ1n) is 10.3. The third-order valence-corrected chi connectivity index (χ3v) is 4.32. The smallest absolute Gasteiger partial charge is 0.408 e.